The molecule has 1 atom stereocenters. The van der Waals surface area contributed by atoms with Crippen LogP contribution >= 0.6 is 0 Å². The SMILES string of the molecule is C[C@@]1(C(=O)O)CCCN1S(=O)(=O)CCc1cccc(F)c1. The molecule has 1 aliphatic heterocycles. The van der Waals surface area contributed by atoms with E-state index in [9.17, 15) is 22.7 Å². The van der Waals surface area contributed by atoms with Gasteiger partial charge in [0.15, 0.2) is 0 Å². The summed E-state index contributed by atoms with van der Waals surface area (Å²) in [6, 6.07) is 5.75. The number of carboxylic acids is 1. The van der Waals surface area contributed by atoms with E-state index in [4.69, 9.17) is 0 Å². The number of aryl methyl sites for hydroxylation is 1. The van der Waals surface area contributed by atoms with E-state index in [2.05, 4.69) is 0 Å². The fourth-order valence-corrected chi connectivity index (χ4v) is 4.55. The van der Waals surface area contributed by atoms with Gasteiger partial charge in [-0.1, -0.05) is 12.1 Å². The molecule has 1 N–H and O–H groups in total. The van der Waals surface area contributed by atoms with E-state index in [-0.39, 0.29) is 18.7 Å². The molecule has 1 aromatic rings. The van der Waals surface area contributed by atoms with E-state index in [1.165, 1.54) is 25.1 Å². The summed E-state index contributed by atoms with van der Waals surface area (Å²) in [6.07, 6.45) is 0.996. The number of aliphatic carboxylic acids is 1. The largest absolute Gasteiger partial charge is 0.480 e. The second-order valence-corrected chi connectivity index (χ2v) is 7.46. The number of carboxylic acid groups (broad SMARTS) is 1. The molecule has 0 bridgehead atoms. The van der Waals surface area contributed by atoms with Crippen molar-refractivity contribution >= 4 is 16.0 Å². The van der Waals surface area contributed by atoms with E-state index in [0.717, 1.165) is 4.31 Å². The summed E-state index contributed by atoms with van der Waals surface area (Å²) in [5.74, 6) is -1.77. The zero-order valence-electron chi connectivity index (χ0n) is 11.8. The molecule has 1 aliphatic rings. The van der Waals surface area contributed by atoms with Crippen molar-refractivity contribution < 1.29 is 22.7 Å². The van der Waals surface area contributed by atoms with Gasteiger partial charge in [0, 0.05) is 6.54 Å². The second-order valence-electron chi connectivity index (χ2n) is 5.45. The average Bonchev–Trinajstić information content (AvgIpc) is 2.81. The van der Waals surface area contributed by atoms with Crippen LogP contribution in [-0.2, 0) is 21.2 Å². The van der Waals surface area contributed by atoms with Gasteiger partial charge in [-0.15, -0.1) is 0 Å². The van der Waals surface area contributed by atoms with Crippen molar-refractivity contribution in [1.82, 2.24) is 4.31 Å². The fourth-order valence-electron chi connectivity index (χ4n) is 2.65. The zero-order valence-corrected chi connectivity index (χ0v) is 12.6. The minimum absolute atomic E-state index is 0.159. The van der Waals surface area contributed by atoms with E-state index in [1.807, 2.05) is 0 Å². The van der Waals surface area contributed by atoms with Gasteiger partial charge in [0.25, 0.3) is 0 Å². The number of halogens is 1. The molecule has 0 unspecified atom stereocenters. The topological polar surface area (TPSA) is 74.7 Å². The highest BCUT2D eigenvalue weighted by atomic mass is 32.2. The highest BCUT2D eigenvalue weighted by Gasteiger charge is 2.48. The van der Waals surface area contributed by atoms with Gasteiger partial charge < -0.3 is 5.11 Å². The molecule has 5 nitrogen and oxygen atoms in total. The van der Waals surface area contributed by atoms with Gasteiger partial charge in [-0.2, -0.15) is 4.31 Å². The highest BCUT2D eigenvalue weighted by Crippen LogP contribution is 2.32. The maximum atomic E-state index is 13.1. The minimum atomic E-state index is -3.69. The van der Waals surface area contributed by atoms with Crippen molar-refractivity contribution in [2.24, 2.45) is 0 Å². The highest BCUT2D eigenvalue weighted by molar-refractivity contribution is 7.89. The molecule has 0 aromatic heterocycles. The van der Waals surface area contributed by atoms with E-state index in [0.29, 0.717) is 18.4 Å². The van der Waals surface area contributed by atoms with Crippen LogP contribution in [0.4, 0.5) is 4.39 Å². The Bertz CT molecular complexity index is 646. The van der Waals surface area contributed by atoms with E-state index < -0.39 is 27.3 Å². The lowest BCUT2D eigenvalue weighted by molar-refractivity contribution is -0.146. The third kappa shape index (κ3) is 3.24. The Hall–Kier alpha value is -1.47. The van der Waals surface area contributed by atoms with E-state index >= 15 is 0 Å². The number of rotatable bonds is 5. The van der Waals surface area contributed by atoms with Crippen LogP contribution < -0.4 is 0 Å². The number of benzene rings is 1. The number of hydrogen-bond acceptors (Lipinski definition) is 3. The lowest BCUT2D eigenvalue weighted by Crippen LogP contribution is -2.51. The van der Waals surface area contributed by atoms with Crippen molar-refractivity contribution in [3.63, 3.8) is 0 Å². The Labute approximate surface area is 123 Å². The predicted molar refractivity (Wildman–Crippen MR) is 75.9 cm³/mol. The average molecular weight is 315 g/mol. The summed E-state index contributed by atoms with van der Waals surface area (Å²) in [4.78, 5) is 11.3. The lowest BCUT2D eigenvalue weighted by Gasteiger charge is -2.30. The van der Waals surface area contributed by atoms with Gasteiger partial charge in [-0.25, -0.2) is 12.8 Å². The van der Waals surface area contributed by atoms with Crippen LogP contribution in [-0.4, -0.2) is 41.6 Å². The van der Waals surface area contributed by atoms with Crippen LogP contribution in [0.5, 0.6) is 0 Å². The number of nitrogens with zero attached hydrogens (tertiary/aromatic N) is 1. The molecule has 0 saturated carbocycles. The Balaban J connectivity index is 2.13. The van der Waals surface area contributed by atoms with Crippen molar-refractivity contribution in [1.29, 1.82) is 0 Å². The second kappa shape index (κ2) is 5.73. The Morgan fingerprint density at radius 1 is 1.48 bits per heavy atom. The van der Waals surface area contributed by atoms with Crippen molar-refractivity contribution in [2.45, 2.75) is 31.7 Å². The molecule has 7 heteroatoms. The number of sulfonamides is 1. The predicted octanol–water partition coefficient (Wildman–Crippen LogP) is 1.64. The van der Waals surface area contributed by atoms with E-state index in [1.54, 1.807) is 6.07 Å². The molecule has 2 rings (SSSR count). The van der Waals surface area contributed by atoms with Gasteiger partial charge in [0.2, 0.25) is 10.0 Å². The molecule has 21 heavy (non-hydrogen) atoms. The Morgan fingerprint density at radius 2 is 2.19 bits per heavy atom. The molecule has 0 spiro atoms. The van der Waals surface area contributed by atoms with Gasteiger partial charge in [-0.3, -0.25) is 4.79 Å². The molecular weight excluding hydrogens is 297 g/mol. The summed E-state index contributed by atoms with van der Waals surface area (Å²) < 4.78 is 38.9. The first kappa shape index (κ1) is 15.9. The monoisotopic (exact) mass is 315 g/mol. The third-order valence-electron chi connectivity index (χ3n) is 3.91. The van der Waals surface area contributed by atoms with Gasteiger partial charge >= 0.3 is 5.97 Å². The standard InChI is InChI=1S/C14H18FNO4S/c1-14(13(17)18)7-3-8-16(14)21(19,20)9-6-11-4-2-5-12(15)10-11/h2,4-5,10H,3,6-9H2,1H3,(H,17,18)/t14-/m0/s1. The first-order valence-electron chi connectivity index (χ1n) is 6.74. The molecule has 1 aromatic carbocycles. The quantitative estimate of drug-likeness (QED) is 0.896. The van der Waals surface area contributed by atoms with Crippen molar-refractivity contribution in [3.05, 3.63) is 35.6 Å². The number of hydrogen-bond donors (Lipinski definition) is 1. The Kier molecular flexibility index (Phi) is 4.34. The van der Waals surface area contributed by atoms with Gasteiger partial charge in [0.1, 0.15) is 11.4 Å². The molecule has 0 aliphatic carbocycles. The van der Waals surface area contributed by atoms with Crippen LogP contribution in [0.2, 0.25) is 0 Å². The first-order valence-corrected chi connectivity index (χ1v) is 8.35. The maximum Gasteiger partial charge on any atom is 0.324 e. The third-order valence-corrected chi connectivity index (χ3v) is 5.89. The zero-order chi connectivity index (χ0) is 15.7. The molecule has 116 valence electrons. The maximum absolute atomic E-state index is 13.1. The van der Waals surface area contributed by atoms with Crippen LogP contribution in [0.15, 0.2) is 24.3 Å². The summed E-state index contributed by atoms with van der Waals surface area (Å²) in [5, 5.41) is 9.27. The van der Waals surface area contributed by atoms with Crippen LogP contribution in [0, 0.1) is 5.82 Å². The van der Waals surface area contributed by atoms with Crippen molar-refractivity contribution in [2.75, 3.05) is 12.3 Å². The molecule has 0 amide bonds. The molecule has 1 saturated heterocycles. The smallest absolute Gasteiger partial charge is 0.324 e. The Morgan fingerprint density at radius 3 is 2.81 bits per heavy atom. The molecule has 0 radical (unpaired) electrons. The molecule has 1 heterocycles. The van der Waals surface area contributed by atoms with Crippen LogP contribution in [0.25, 0.3) is 0 Å². The fraction of sp³-hybridized carbons (Fsp3) is 0.500. The van der Waals surface area contributed by atoms with Crippen LogP contribution in [0.1, 0.15) is 25.3 Å². The summed E-state index contributed by atoms with van der Waals surface area (Å²) >= 11 is 0. The normalized spacial score (nSPS) is 23.3. The lowest BCUT2D eigenvalue weighted by atomic mass is 10.0. The van der Waals surface area contributed by atoms with Gasteiger partial charge in [-0.05, 0) is 43.9 Å². The molecular formula is C14H18FNO4S. The summed E-state index contributed by atoms with van der Waals surface area (Å²) in [5.41, 5.74) is -0.796. The van der Waals surface area contributed by atoms with Crippen molar-refractivity contribution in [3.8, 4) is 0 Å². The first-order chi connectivity index (χ1) is 9.75. The van der Waals surface area contributed by atoms with Gasteiger partial charge in [0.05, 0.1) is 5.75 Å². The van der Waals surface area contributed by atoms with Crippen LogP contribution in [0.3, 0.4) is 0 Å². The molecule has 1 fully saturated rings. The minimum Gasteiger partial charge on any atom is -0.480 e. The summed E-state index contributed by atoms with van der Waals surface area (Å²) in [6.45, 7) is 1.65. The summed E-state index contributed by atoms with van der Waals surface area (Å²) in [7, 11) is -3.69. The number of carbonyl (C=O) groups is 1.